The molecule has 0 aromatic heterocycles. The van der Waals surface area contributed by atoms with E-state index in [1.165, 1.54) is 0 Å². The summed E-state index contributed by atoms with van der Waals surface area (Å²) in [5.74, 6) is -1.85. The summed E-state index contributed by atoms with van der Waals surface area (Å²) in [6.45, 7) is 2.11. The minimum Gasteiger partial charge on any atom is -0.481 e. The fourth-order valence-electron chi connectivity index (χ4n) is 2.19. The zero-order valence-electron chi connectivity index (χ0n) is 11.2. The van der Waals surface area contributed by atoms with Crippen molar-refractivity contribution in [3.63, 3.8) is 0 Å². The van der Waals surface area contributed by atoms with Gasteiger partial charge in [-0.1, -0.05) is 38.0 Å². The molecule has 4 nitrogen and oxygen atoms in total. The SMILES string of the molecule is CCCCCc1cccc(CC(=O)O)c1CC(=O)O. The van der Waals surface area contributed by atoms with Crippen molar-refractivity contribution in [2.24, 2.45) is 0 Å². The zero-order valence-corrected chi connectivity index (χ0v) is 11.2. The van der Waals surface area contributed by atoms with Crippen LogP contribution in [0.2, 0.25) is 0 Å². The second-order valence-electron chi connectivity index (χ2n) is 4.65. The maximum Gasteiger partial charge on any atom is 0.307 e. The van der Waals surface area contributed by atoms with E-state index in [0.717, 1.165) is 31.2 Å². The molecule has 1 aromatic rings. The zero-order chi connectivity index (χ0) is 14.3. The average molecular weight is 264 g/mol. The van der Waals surface area contributed by atoms with Gasteiger partial charge in [0.2, 0.25) is 0 Å². The molecule has 104 valence electrons. The number of rotatable bonds is 8. The minimum absolute atomic E-state index is 0.106. The van der Waals surface area contributed by atoms with Gasteiger partial charge in [-0.2, -0.15) is 0 Å². The predicted octanol–water partition coefficient (Wildman–Crippen LogP) is 2.67. The summed E-state index contributed by atoms with van der Waals surface area (Å²) in [6.07, 6.45) is 3.78. The van der Waals surface area contributed by atoms with Crippen LogP contribution >= 0.6 is 0 Å². The first kappa shape index (κ1) is 15.2. The largest absolute Gasteiger partial charge is 0.481 e. The Bertz CT molecular complexity index is 451. The minimum atomic E-state index is -0.933. The molecular formula is C15H20O4. The van der Waals surface area contributed by atoms with Crippen LogP contribution in [0.15, 0.2) is 18.2 Å². The molecule has 0 aliphatic heterocycles. The quantitative estimate of drug-likeness (QED) is 0.708. The summed E-state index contributed by atoms with van der Waals surface area (Å²) < 4.78 is 0. The normalized spacial score (nSPS) is 10.4. The molecule has 0 radical (unpaired) electrons. The third-order valence-electron chi connectivity index (χ3n) is 3.09. The van der Waals surface area contributed by atoms with E-state index in [-0.39, 0.29) is 12.8 Å². The number of hydrogen-bond acceptors (Lipinski definition) is 2. The number of hydrogen-bond donors (Lipinski definition) is 2. The monoisotopic (exact) mass is 264 g/mol. The number of aliphatic carboxylic acids is 2. The Morgan fingerprint density at radius 3 is 2.21 bits per heavy atom. The molecule has 0 saturated carbocycles. The molecule has 1 rings (SSSR count). The van der Waals surface area contributed by atoms with Crippen molar-refractivity contribution in [1.29, 1.82) is 0 Å². The van der Waals surface area contributed by atoms with Gasteiger partial charge in [0.25, 0.3) is 0 Å². The molecule has 0 atom stereocenters. The van der Waals surface area contributed by atoms with Crippen LogP contribution in [0.4, 0.5) is 0 Å². The van der Waals surface area contributed by atoms with Crippen molar-refractivity contribution in [2.75, 3.05) is 0 Å². The van der Waals surface area contributed by atoms with Crippen LogP contribution in [0, 0.1) is 0 Å². The molecular weight excluding hydrogens is 244 g/mol. The smallest absolute Gasteiger partial charge is 0.307 e. The van der Waals surface area contributed by atoms with Crippen LogP contribution in [-0.2, 0) is 28.9 Å². The Morgan fingerprint density at radius 2 is 1.63 bits per heavy atom. The number of carbonyl (C=O) groups is 2. The van der Waals surface area contributed by atoms with Crippen LogP contribution < -0.4 is 0 Å². The highest BCUT2D eigenvalue weighted by molar-refractivity contribution is 5.75. The van der Waals surface area contributed by atoms with E-state index in [1.807, 2.05) is 12.1 Å². The lowest BCUT2D eigenvalue weighted by atomic mass is 9.93. The van der Waals surface area contributed by atoms with E-state index in [1.54, 1.807) is 6.07 Å². The van der Waals surface area contributed by atoms with Crippen molar-refractivity contribution < 1.29 is 19.8 Å². The molecule has 1 aromatic carbocycles. The van der Waals surface area contributed by atoms with Gasteiger partial charge in [-0.05, 0) is 29.5 Å². The summed E-state index contributed by atoms with van der Waals surface area (Å²) in [5.41, 5.74) is 2.26. The Kier molecular flexibility index (Phi) is 6.06. The highest BCUT2D eigenvalue weighted by Gasteiger charge is 2.13. The van der Waals surface area contributed by atoms with Gasteiger partial charge in [0, 0.05) is 0 Å². The molecule has 2 N–H and O–H groups in total. The van der Waals surface area contributed by atoms with Crippen molar-refractivity contribution in [1.82, 2.24) is 0 Å². The number of unbranched alkanes of at least 4 members (excludes halogenated alkanes) is 2. The molecule has 0 saturated heterocycles. The third-order valence-corrected chi connectivity index (χ3v) is 3.09. The Hall–Kier alpha value is -1.84. The van der Waals surface area contributed by atoms with Gasteiger partial charge in [-0.3, -0.25) is 9.59 Å². The second-order valence-corrected chi connectivity index (χ2v) is 4.65. The van der Waals surface area contributed by atoms with Gasteiger partial charge in [-0.15, -0.1) is 0 Å². The maximum absolute atomic E-state index is 10.9. The fourth-order valence-corrected chi connectivity index (χ4v) is 2.19. The first-order valence-electron chi connectivity index (χ1n) is 6.57. The maximum atomic E-state index is 10.9. The molecule has 0 aliphatic carbocycles. The standard InChI is InChI=1S/C15H20O4/c1-2-3-4-6-11-7-5-8-12(9-14(16)17)13(11)10-15(18)19/h5,7-8H,2-4,6,9-10H2,1H3,(H,16,17)(H,18,19). The van der Waals surface area contributed by atoms with Crippen molar-refractivity contribution in [3.8, 4) is 0 Å². The van der Waals surface area contributed by atoms with Crippen LogP contribution in [0.25, 0.3) is 0 Å². The van der Waals surface area contributed by atoms with Gasteiger partial charge in [0.05, 0.1) is 12.8 Å². The van der Waals surface area contributed by atoms with Gasteiger partial charge >= 0.3 is 11.9 Å². The Balaban J connectivity index is 2.99. The van der Waals surface area contributed by atoms with Gasteiger partial charge in [-0.25, -0.2) is 0 Å². The van der Waals surface area contributed by atoms with E-state index in [0.29, 0.717) is 11.1 Å². The van der Waals surface area contributed by atoms with Crippen LogP contribution in [0.1, 0.15) is 42.9 Å². The van der Waals surface area contributed by atoms with Crippen molar-refractivity contribution in [2.45, 2.75) is 45.4 Å². The highest BCUT2D eigenvalue weighted by atomic mass is 16.4. The third kappa shape index (κ3) is 5.12. The van der Waals surface area contributed by atoms with E-state index in [4.69, 9.17) is 10.2 Å². The van der Waals surface area contributed by atoms with E-state index in [9.17, 15) is 9.59 Å². The van der Waals surface area contributed by atoms with Gasteiger partial charge < -0.3 is 10.2 Å². The molecule has 0 spiro atoms. The molecule has 19 heavy (non-hydrogen) atoms. The topological polar surface area (TPSA) is 74.6 Å². The van der Waals surface area contributed by atoms with Gasteiger partial charge in [0.1, 0.15) is 0 Å². The van der Waals surface area contributed by atoms with Gasteiger partial charge in [0.15, 0.2) is 0 Å². The summed E-state index contributed by atoms with van der Waals surface area (Å²) in [7, 11) is 0. The number of benzene rings is 1. The first-order valence-corrected chi connectivity index (χ1v) is 6.57. The number of carboxylic acids is 2. The lowest BCUT2D eigenvalue weighted by molar-refractivity contribution is -0.137. The second kappa shape index (κ2) is 7.56. The Morgan fingerprint density at radius 1 is 1.00 bits per heavy atom. The number of aryl methyl sites for hydroxylation is 1. The summed E-state index contributed by atoms with van der Waals surface area (Å²) in [4.78, 5) is 21.8. The van der Waals surface area contributed by atoms with Crippen LogP contribution in [0.5, 0.6) is 0 Å². The van der Waals surface area contributed by atoms with Crippen LogP contribution in [-0.4, -0.2) is 22.2 Å². The lowest BCUT2D eigenvalue weighted by Gasteiger charge is -2.12. The van der Waals surface area contributed by atoms with Crippen LogP contribution in [0.3, 0.4) is 0 Å². The molecule has 0 unspecified atom stereocenters. The van der Waals surface area contributed by atoms with Crippen molar-refractivity contribution in [3.05, 3.63) is 34.9 Å². The first-order chi connectivity index (χ1) is 9.04. The number of carboxylic acid groups (broad SMARTS) is 2. The molecule has 0 aliphatic rings. The van der Waals surface area contributed by atoms with Crippen molar-refractivity contribution >= 4 is 11.9 Å². The highest BCUT2D eigenvalue weighted by Crippen LogP contribution is 2.19. The van der Waals surface area contributed by atoms with E-state index >= 15 is 0 Å². The molecule has 0 heterocycles. The Labute approximate surface area is 113 Å². The van der Waals surface area contributed by atoms with E-state index < -0.39 is 11.9 Å². The van der Waals surface area contributed by atoms with E-state index in [2.05, 4.69) is 6.92 Å². The molecule has 4 heteroatoms. The average Bonchev–Trinajstić information content (AvgIpc) is 2.32. The summed E-state index contributed by atoms with van der Waals surface area (Å²) >= 11 is 0. The predicted molar refractivity (Wildman–Crippen MR) is 72.4 cm³/mol. The summed E-state index contributed by atoms with van der Waals surface area (Å²) in [6, 6.07) is 5.42. The molecule has 0 amide bonds. The lowest BCUT2D eigenvalue weighted by Crippen LogP contribution is -2.10. The molecule has 0 bridgehead atoms. The fraction of sp³-hybridized carbons (Fsp3) is 0.467. The summed E-state index contributed by atoms with van der Waals surface area (Å²) in [5, 5.41) is 17.9. The molecule has 0 fully saturated rings.